The molecule has 4 heterocycles. The second-order valence-electron chi connectivity index (χ2n) is 13.3. The van der Waals surface area contributed by atoms with Crippen LogP contribution in [0, 0.1) is 11.3 Å². The predicted octanol–water partition coefficient (Wildman–Crippen LogP) is 4.08. The van der Waals surface area contributed by atoms with Gasteiger partial charge in [0.15, 0.2) is 0 Å². The summed E-state index contributed by atoms with van der Waals surface area (Å²) >= 11 is 0. The summed E-state index contributed by atoms with van der Waals surface area (Å²) in [7, 11) is 1.04. The number of benzene rings is 1. The number of aromatic nitrogens is 2. The molecule has 5 rings (SSSR count). The Bertz CT molecular complexity index is 1250. The van der Waals surface area contributed by atoms with Gasteiger partial charge < -0.3 is 29.0 Å². The van der Waals surface area contributed by atoms with E-state index < -0.39 is 30.5 Å². The van der Waals surface area contributed by atoms with Crippen LogP contribution in [0.3, 0.4) is 0 Å². The number of H-pyrrole nitrogens is 1. The fraction of sp³-hybridized carbons (Fsp3) is 0.633. The molecule has 1 unspecified atom stereocenters. The van der Waals surface area contributed by atoms with E-state index in [1.807, 2.05) is 70.7 Å². The summed E-state index contributed by atoms with van der Waals surface area (Å²) in [5, 5.41) is 9.69. The monoisotopic (exact) mass is 566 g/mol. The molecule has 3 fully saturated rings. The zero-order valence-electron chi connectivity index (χ0n) is 25.3. The van der Waals surface area contributed by atoms with Gasteiger partial charge in [0.25, 0.3) is 0 Å². The Kier molecular flexibility index (Phi) is 7.76. The Hall–Kier alpha value is -2.89. The highest BCUT2D eigenvalue weighted by atomic mass is 16.7. The van der Waals surface area contributed by atoms with Crippen LogP contribution in [-0.4, -0.2) is 88.0 Å². The second kappa shape index (κ2) is 10.7. The summed E-state index contributed by atoms with van der Waals surface area (Å²) in [6.45, 7) is 13.8. The van der Waals surface area contributed by atoms with Crippen molar-refractivity contribution in [1.82, 2.24) is 19.8 Å². The van der Waals surface area contributed by atoms with Crippen LogP contribution in [0.1, 0.15) is 72.7 Å². The minimum Gasteiger partial charge on any atom is -0.465 e. The number of carbonyl (C=O) groups is 2. The lowest BCUT2D eigenvalue weighted by molar-refractivity contribution is -0.139. The van der Waals surface area contributed by atoms with Crippen molar-refractivity contribution >= 4 is 24.6 Å². The maximum Gasteiger partial charge on any atom is 0.494 e. The number of amides is 2. The first kappa shape index (κ1) is 29.6. The summed E-state index contributed by atoms with van der Waals surface area (Å²) in [5.41, 5.74) is 1.88. The Morgan fingerprint density at radius 2 is 1.71 bits per heavy atom. The molecule has 0 saturated carbocycles. The van der Waals surface area contributed by atoms with Gasteiger partial charge in [0.1, 0.15) is 11.9 Å². The van der Waals surface area contributed by atoms with Gasteiger partial charge in [0.2, 0.25) is 5.91 Å². The molecule has 3 saturated heterocycles. The van der Waals surface area contributed by atoms with E-state index in [1.165, 1.54) is 7.05 Å². The van der Waals surface area contributed by atoms with Crippen molar-refractivity contribution in [3.8, 4) is 11.3 Å². The number of ether oxygens (including phenoxy) is 1. The molecule has 10 nitrogen and oxygen atoms in total. The van der Waals surface area contributed by atoms with Gasteiger partial charge in [-0.25, -0.2) is 9.78 Å². The minimum atomic E-state index is -1.11. The maximum atomic E-state index is 14.0. The lowest BCUT2D eigenvalue weighted by Gasteiger charge is -2.35. The topological polar surface area (TPSA) is 117 Å². The predicted molar refractivity (Wildman–Crippen MR) is 156 cm³/mol. The Morgan fingerprint density at radius 3 is 2.27 bits per heavy atom. The van der Waals surface area contributed by atoms with Crippen molar-refractivity contribution in [2.75, 3.05) is 26.8 Å². The number of imidazole rings is 1. The van der Waals surface area contributed by atoms with Gasteiger partial charge in [-0.2, -0.15) is 0 Å². The first-order valence-electron chi connectivity index (χ1n) is 14.6. The van der Waals surface area contributed by atoms with Crippen LogP contribution in [0.25, 0.3) is 11.3 Å². The third-order valence-corrected chi connectivity index (χ3v) is 9.61. The molecule has 1 aromatic heterocycles. The van der Waals surface area contributed by atoms with Crippen LogP contribution in [0.2, 0.25) is 0 Å². The smallest absolute Gasteiger partial charge is 0.465 e. The van der Waals surface area contributed by atoms with E-state index in [4.69, 9.17) is 19.0 Å². The van der Waals surface area contributed by atoms with Gasteiger partial charge in [-0.3, -0.25) is 9.69 Å². The van der Waals surface area contributed by atoms with Crippen LogP contribution < -0.4 is 5.46 Å². The fourth-order valence-corrected chi connectivity index (χ4v) is 6.34. The lowest BCUT2D eigenvalue weighted by atomic mass is 9.78. The van der Waals surface area contributed by atoms with E-state index in [1.54, 1.807) is 6.20 Å². The number of rotatable bonds is 6. The van der Waals surface area contributed by atoms with Crippen molar-refractivity contribution in [2.24, 2.45) is 11.3 Å². The molecule has 2 N–H and O–H groups in total. The van der Waals surface area contributed by atoms with E-state index in [2.05, 4.69) is 4.98 Å². The van der Waals surface area contributed by atoms with Crippen LogP contribution >= 0.6 is 0 Å². The molecule has 3 aliphatic heterocycles. The molecule has 11 heteroatoms. The molecule has 1 spiro atoms. The molecule has 2 atom stereocenters. The van der Waals surface area contributed by atoms with Gasteiger partial charge in [-0.05, 0) is 69.3 Å². The second-order valence-corrected chi connectivity index (χ2v) is 13.3. The largest absolute Gasteiger partial charge is 0.494 e. The molecule has 3 aliphatic rings. The van der Waals surface area contributed by atoms with Gasteiger partial charge >= 0.3 is 13.2 Å². The summed E-state index contributed by atoms with van der Waals surface area (Å²) in [6, 6.07) is 7.01. The number of nitrogens with zero attached hydrogens (tertiary/aromatic N) is 3. The van der Waals surface area contributed by atoms with Crippen molar-refractivity contribution < 1.29 is 28.7 Å². The standard InChI is InChI=1S/C30H43BN4O6/c1-19(2)24(34(7)27(37)38)26(36)35-18-30(12-14-39-15-13-30)16-23(35)25-32-17-22(33-25)20-8-10-21(11-9-20)31-40-28(3,4)29(5,6)41-31/h8-11,17,19,23-24H,12-16,18H2,1-7H3,(H,32,33)(H,37,38)/t23?,24-/m0/s1. The van der Waals surface area contributed by atoms with Crippen molar-refractivity contribution in [2.45, 2.75) is 84.1 Å². The lowest BCUT2D eigenvalue weighted by Crippen LogP contribution is -2.52. The van der Waals surface area contributed by atoms with Crippen LogP contribution in [0.15, 0.2) is 30.5 Å². The molecule has 0 bridgehead atoms. The van der Waals surface area contributed by atoms with Gasteiger partial charge in [0, 0.05) is 26.8 Å². The van der Waals surface area contributed by atoms with Gasteiger partial charge in [0.05, 0.1) is 29.1 Å². The van der Waals surface area contributed by atoms with Crippen LogP contribution in [0.5, 0.6) is 0 Å². The van der Waals surface area contributed by atoms with Crippen molar-refractivity contribution in [3.05, 3.63) is 36.3 Å². The van der Waals surface area contributed by atoms with E-state index >= 15 is 0 Å². The highest BCUT2D eigenvalue weighted by molar-refractivity contribution is 6.62. The number of hydrogen-bond donors (Lipinski definition) is 2. The van der Waals surface area contributed by atoms with Gasteiger partial charge in [-0.1, -0.05) is 38.1 Å². The molecule has 41 heavy (non-hydrogen) atoms. The third-order valence-electron chi connectivity index (χ3n) is 9.61. The molecular weight excluding hydrogens is 523 g/mol. The molecule has 2 aromatic rings. The van der Waals surface area contributed by atoms with E-state index in [0.717, 1.165) is 40.9 Å². The summed E-state index contributed by atoms with van der Waals surface area (Å²) in [6.07, 6.45) is 3.18. The number of nitrogens with one attached hydrogen (secondary N) is 1. The summed E-state index contributed by atoms with van der Waals surface area (Å²) < 4.78 is 18.0. The van der Waals surface area contributed by atoms with Crippen LogP contribution in [-0.2, 0) is 18.8 Å². The highest BCUT2D eigenvalue weighted by Gasteiger charge is 2.52. The van der Waals surface area contributed by atoms with Crippen molar-refractivity contribution in [1.29, 1.82) is 0 Å². The van der Waals surface area contributed by atoms with E-state index in [0.29, 0.717) is 25.6 Å². The number of likely N-dealkylation sites (N-methyl/N-ethyl adjacent to an activating group) is 1. The Balaban J connectivity index is 1.40. The minimum absolute atomic E-state index is 0.0701. The third kappa shape index (κ3) is 5.51. The Labute approximate surface area is 242 Å². The first-order chi connectivity index (χ1) is 19.2. The first-order valence-corrected chi connectivity index (χ1v) is 14.6. The zero-order valence-corrected chi connectivity index (χ0v) is 25.3. The normalized spacial score (nSPS) is 23.8. The molecule has 0 aliphatic carbocycles. The quantitative estimate of drug-likeness (QED) is 0.506. The van der Waals surface area contributed by atoms with Crippen LogP contribution in [0.4, 0.5) is 4.79 Å². The molecular formula is C30H43BN4O6. The average molecular weight is 567 g/mol. The van der Waals surface area contributed by atoms with E-state index in [9.17, 15) is 14.7 Å². The zero-order chi connectivity index (χ0) is 29.7. The van der Waals surface area contributed by atoms with Crippen molar-refractivity contribution in [3.63, 3.8) is 0 Å². The molecule has 2 amide bonds. The summed E-state index contributed by atoms with van der Waals surface area (Å²) in [5.74, 6) is 0.361. The summed E-state index contributed by atoms with van der Waals surface area (Å²) in [4.78, 5) is 37.1. The van der Waals surface area contributed by atoms with Gasteiger partial charge in [-0.15, -0.1) is 0 Å². The fourth-order valence-electron chi connectivity index (χ4n) is 6.34. The highest BCUT2D eigenvalue weighted by Crippen LogP contribution is 2.49. The average Bonchev–Trinajstić information content (AvgIpc) is 3.59. The number of carbonyl (C=O) groups excluding carboxylic acids is 1. The molecule has 0 radical (unpaired) electrons. The number of aromatic amines is 1. The molecule has 222 valence electrons. The van der Waals surface area contributed by atoms with E-state index in [-0.39, 0.29) is 23.3 Å². The number of hydrogen-bond acceptors (Lipinski definition) is 6. The SMILES string of the molecule is CC(C)[C@@H](C(=O)N1CC2(CCOCC2)CC1c1ncc(-c2ccc(B3OC(C)(C)C(C)(C)O3)cc2)[nH]1)N(C)C(=O)O. The molecule has 1 aromatic carbocycles. The maximum absolute atomic E-state index is 14.0. The number of carboxylic acid groups (broad SMARTS) is 1. The number of likely N-dealkylation sites (tertiary alicyclic amines) is 1. The Morgan fingerprint density at radius 1 is 1.10 bits per heavy atom.